The highest BCUT2D eigenvalue weighted by Gasteiger charge is 2.20. The smallest absolute Gasteiger partial charge is 0.242 e. The number of benzene rings is 1. The standard InChI is InChI=1S/C20H34N4O3S/c1-23(2)19-13-12-17(28(26,27)24(3)4)14-18(19)22-20(25)15-21-16-10-8-6-5-7-9-11-16/h12-14,16,21H,5-11,15H2,1-4H3,(H,22,25). The molecule has 0 spiro atoms. The van der Waals surface area contributed by atoms with E-state index in [0.717, 1.165) is 18.5 Å². The number of carbonyl (C=O) groups excluding carboxylic acids is 1. The molecule has 8 heteroatoms. The average Bonchev–Trinajstić information content (AvgIpc) is 2.60. The molecule has 1 aliphatic carbocycles. The van der Waals surface area contributed by atoms with Crippen LogP contribution in [0.2, 0.25) is 0 Å². The summed E-state index contributed by atoms with van der Waals surface area (Å²) in [7, 11) is 3.14. The van der Waals surface area contributed by atoms with Crippen molar-refractivity contribution in [2.45, 2.75) is 55.9 Å². The predicted octanol–water partition coefficient (Wildman–Crippen LogP) is 2.64. The van der Waals surface area contributed by atoms with E-state index in [4.69, 9.17) is 0 Å². The fourth-order valence-electron chi connectivity index (χ4n) is 3.47. The Bertz CT molecular complexity index is 755. The highest BCUT2D eigenvalue weighted by atomic mass is 32.2. The van der Waals surface area contributed by atoms with Crippen molar-refractivity contribution in [1.29, 1.82) is 0 Å². The lowest BCUT2D eigenvalue weighted by atomic mass is 9.97. The molecule has 1 saturated carbocycles. The maximum absolute atomic E-state index is 12.5. The van der Waals surface area contributed by atoms with Crippen molar-refractivity contribution in [3.05, 3.63) is 18.2 Å². The van der Waals surface area contributed by atoms with Crippen LogP contribution in [0.3, 0.4) is 0 Å². The summed E-state index contributed by atoms with van der Waals surface area (Å²) in [6.45, 7) is 0.224. The largest absolute Gasteiger partial charge is 0.376 e. The zero-order valence-corrected chi connectivity index (χ0v) is 18.3. The van der Waals surface area contributed by atoms with Gasteiger partial charge in [-0.05, 0) is 31.0 Å². The highest BCUT2D eigenvalue weighted by molar-refractivity contribution is 7.89. The van der Waals surface area contributed by atoms with E-state index < -0.39 is 10.0 Å². The summed E-state index contributed by atoms with van der Waals surface area (Å²) in [5.74, 6) is -0.162. The van der Waals surface area contributed by atoms with Crippen molar-refractivity contribution in [3.63, 3.8) is 0 Å². The van der Waals surface area contributed by atoms with Gasteiger partial charge in [0.05, 0.1) is 22.8 Å². The van der Waals surface area contributed by atoms with Crippen molar-refractivity contribution in [3.8, 4) is 0 Å². The summed E-state index contributed by atoms with van der Waals surface area (Å²) >= 11 is 0. The molecule has 2 rings (SSSR count). The Balaban J connectivity index is 2.08. The molecule has 2 N–H and O–H groups in total. The van der Waals surface area contributed by atoms with Crippen LogP contribution in [0, 0.1) is 0 Å². The fraction of sp³-hybridized carbons (Fsp3) is 0.650. The Morgan fingerprint density at radius 2 is 1.64 bits per heavy atom. The van der Waals surface area contributed by atoms with Crippen LogP contribution in [0.1, 0.15) is 44.9 Å². The third-order valence-electron chi connectivity index (χ3n) is 5.16. The SMILES string of the molecule is CN(C)c1ccc(S(=O)(=O)N(C)C)cc1NC(=O)CNC1CCCCCCC1. The van der Waals surface area contributed by atoms with Gasteiger partial charge in [-0.3, -0.25) is 4.79 Å². The Morgan fingerprint density at radius 1 is 1.04 bits per heavy atom. The van der Waals surface area contributed by atoms with Crippen LogP contribution in [0.5, 0.6) is 0 Å². The maximum atomic E-state index is 12.5. The number of hydrogen-bond donors (Lipinski definition) is 2. The molecule has 1 aromatic rings. The van der Waals surface area contributed by atoms with E-state index in [1.165, 1.54) is 56.6 Å². The minimum atomic E-state index is -3.57. The molecule has 0 radical (unpaired) electrons. The number of rotatable bonds is 7. The van der Waals surface area contributed by atoms with Crippen LogP contribution < -0.4 is 15.5 Å². The van der Waals surface area contributed by atoms with Gasteiger partial charge in [0.2, 0.25) is 15.9 Å². The van der Waals surface area contributed by atoms with Gasteiger partial charge in [0.15, 0.2) is 0 Å². The Labute approximate surface area is 169 Å². The van der Waals surface area contributed by atoms with Crippen LogP contribution in [0.25, 0.3) is 0 Å². The molecule has 0 atom stereocenters. The molecule has 1 aliphatic rings. The van der Waals surface area contributed by atoms with Gasteiger partial charge in [-0.1, -0.05) is 32.1 Å². The lowest BCUT2D eigenvalue weighted by molar-refractivity contribution is -0.115. The second kappa shape index (κ2) is 10.2. The molecule has 0 bridgehead atoms. The molecule has 0 saturated heterocycles. The van der Waals surface area contributed by atoms with Gasteiger partial charge in [-0.2, -0.15) is 0 Å². The summed E-state index contributed by atoms with van der Waals surface area (Å²) in [6, 6.07) is 5.18. The van der Waals surface area contributed by atoms with Crippen LogP contribution in [0.15, 0.2) is 23.1 Å². The van der Waals surface area contributed by atoms with Crippen molar-refractivity contribution in [2.24, 2.45) is 0 Å². The quantitative estimate of drug-likeness (QED) is 0.722. The molecule has 0 aromatic heterocycles. The molecular weight excluding hydrogens is 376 g/mol. The van der Waals surface area contributed by atoms with Crippen LogP contribution >= 0.6 is 0 Å². The molecule has 0 heterocycles. The number of nitrogens with one attached hydrogen (secondary N) is 2. The van der Waals surface area contributed by atoms with Crippen LogP contribution in [0.4, 0.5) is 11.4 Å². The molecule has 158 valence electrons. The monoisotopic (exact) mass is 410 g/mol. The topological polar surface area (TPSA) is 81.8 Å². The van der Waals surface area contributed by atoms with Gasteiger partial charge >= 0.3 is 0 Å². The number of anilines is 2. The van der Waals surface area contributed by atoms with Crippen molar-refractivity contribution >= 4 is 27.3 Å². The second-order valence-electron chi connectivity index (χ2n) is 7.83. The first-order valence-corrected chi connectivity index (χ1v) is 11.4. The van der Waals surface area contributed by atoms with Gasteiger partial charge in [-0.25, -0.2) is 12.7 Å². The highest BCUT2D eigenvalue weighted by Crippen LogP contribution is 2.28. The van der Waals surface area contributed by atoms with Crippen LogP contribution in [-0.4, -0.2) is 59.4 Å². The summed E-state index contributed by atoms with van der Waals surface area (Å²) in [4.78, 5) is 14.5. The number of hydrogen-bond acceptors (Lipinski definition) is 5. The molecule has 7 nitrogen and oxygen atoms in total. The molecule has 1 fully saturated rings. The Kier molecular flexibility index (Phi) is 8.27. The number of sulfonamides is 1. The third-order valence-corrected chi connectivity index (χ3v) is 6.97. The summed E-state index contributed by atoms with van der Waals surface area (Å²) < 4.78 is 26.0. The summed E-state index contributed by atoms with van der Waals surface area (Å²) in [5, 5.41) is 6.25. The van der Waals surface area contributed by atoms with Gasteiger partial charge < -0.3 is 15.5 Å². The maximum Gasteiger partial charge on any atom is 0.242 e. The van der Waals surface area contributed by atoms with Crippen LogP contribution in [-0.2, 0) is 14.8 Å². The summed E-state index contributed by atoms with van der Waals surface area (Å²) in [5.41, 5.74) is 1.26. The minimum absolute atomic E-state index is 0.159. The van der Waals surface area contributed by atoms with Gasteiger partial charge in [-0.15, -0.1) is 0 Å². The zero-order chi connectivity index (χ0) is 20.7. The fourth-order valence-corrected chi connectivity index (χ4v) is 4.40. The van der Waals surface area contributed by atoms with E-state index in [9.17, 15) is 13.2 Å². The van der Waals surface area contributed by atoms with E-state index in [-0.39, 0.29) is 17.3 Å². The van der Waals surface area contributed by atoms with Crippen molar-refractivity contribution in [2.75, 3.05) is 45.0 Å². The minimum Gasteiger partial charge on any atom is -0.376 e. The molecule has 0 unspecified atom stereocenters. The number of carbonyl (C=O) groups is 1. The van der Waals surface area contributed by atoms with Gasteiger partial charge in [0.1, 0.15) is 0 Å². The first kappa shape index (κ1) is 22.6. The van der Waals surface area contributed by atoms with E-state index in [1.807, 2.05) is 19.0 Å². The predicted molar refractivity (Wildman–Crippen MR) is 114 cm³/mol. The number of nitrogens with zero attached hydrogens (tertiary/aromatic N) is 2. The molecule has 28 heavy (non-hydrogen) atoms. The second-order valence-corrected chi connectivity index (χ2v) is 9.98. The first-order chi connectivity index (χ1) is 13.2. The van der Waals surface area contributed by atoms with Crippen molar-refractivity contribution < 1.29 is 13.2 Å². The van der Waals surface area contributed by atoms with Crippen molar-refractivity contribution in [1.82, 2.24) is 9.62 Å². The van der Waals surface area contributed by atoms with E-state index in [1.54, 1.807) is 12.1 Å². The summed E-state index contributed by atoms with van der Waals surface area (Å²) in [6.07, 6.45) is 8.46. The molecule has 1 aromatic carbocycles. The Hall–Kier alpha value is -1.64. The molecule has 1 amide bonds. The molecule has 0 aliphatic heterocycles. The van der Waals surface area contributed by atoms with E-state index >= 15 is 0 Å². The van der Waals surface area contributed by atoms with E-state index in [0.29, 0.717) is 11.7 Å². The normalized spacial score (nSPS) is 16.5. The Morgan fingerprint density at radius 3 is 2.21 bits per heavy atom. The van der Waals surface area contributed by atoms with Gasteiger partial charge in [0, 0.05) is 34.2 Å². The first-order valence-electron chi connectivity index (χ1n) is 9.99. The number of amides is 1. The zero-order valence-electron chi connectivity index (χ0n) is 17.5. The molecular formula is C20H34N4O3S. The average molecular weight is 411 g/mol. The lowest BCUT2D eigenvalue weighted by Gasteiger charge is -2.22. The van der Waals surface area contributed by atoms with Gasteiger partial charge in [0.25, 0.3) is 0 Å². The lowest BCUT2D eigenvalue weighted by Crippen LogP contribution is -2.36. The van der Waals surface area contributed by atoms with E-state index in [2.05, 4.69) is 10.6 Å². The third kappa shape index (κ3) is 6.18.